The van der Waals surface area contributed by atoms with Gasteiger partial charge in [-0.05, 0) is 38.1 Å². The highest BCUT2D eigenvalue weighted by Crippen LogP contribution is 2.27. The van der Waals surface area contributed by atoms with Gasteiger partial charge in [-0.3, -0.25) is 0 Å². The van der Waals surface area contributed by atoms with Crippen LogP contribution in [0.1, 0.15) is 39.0 Å². The minimum absolute atomic E-state index is 0.803. The molecule has 11 heavy (non-hydrogen) atoms. The molecular weight excluding hydrogens is 134 g/mol. The third-order valence-electron chi connectivity index (χ3n) is 2.41. The van der Waals surface area contributed by atoms with Gasteiger partial charge in [0.25, 0.3) is 0 Å². The molecule has 1 rings (SSSR count). The lowest BCUT2D eigenvalue weighted by Gasteiger charge is -2.20. The molecule has 1 atom stereocenters. The predicted molar refractivity (Wildman–Crippen MR) is 49.4 cm³/mol. The fourth-order valence-corrected chi connectivity index (χ4v) is 1.80. The summed E-state index contributed by atoms with van der Waals surface area (Å²) >= 11 is 0. The van der Waals surface area contributed by atoms with Gasteiger partial charge >= 0.3 is 0 Å². The lowest BCUT2D eigenvalue weighted by atomic mass is 9.86. The van der Waals surface area contributed by atoms with Crippen LogP contribution in [0.25, 0.3) is 0 Å². The van der Waals surface area contributed by atoms with E-state index in [1.807, 2.05) is 0 Å². The minimum atomic E-state index is 0.803. The predicted octanol–water partition coefficient (Wildman–Crippen LogP) is 2.47. The van der Waals surface area contributed by atoms with Crippen LogP contribution < -0.4 is 5.73 Å². The largest absolute Gasteiger partial charge is 0.330 e. The zero-order valence-corrected chi connectivity index (χ0v) is 7.47. The van der Waals surface area contributed by atoms with Crippen LogP contribution in [0.3, 0.4) is 0 Å². The quantitative estimate of drug-likeness (QED) is 0.606. The topological polar surface area (TPSA) is 26.0 Å². The number of allylic oxidation sites excluding steroid dienone is 1. The Balaban J connectivity index is 2.32. The van der Waals surface area contributed by atoms with Crippen molar-refractivity contribution in [1.82, 2.24) is 0 Å². The molecule has 64 valence electrons. The summed E-state index contributed by atoms with van der Waals surface area (Å²) < 4.78 is 0. The first-order valence-corrected chi connectivity index (χ1v) is 4.71. The highest BCUT2D eigenvalue weighted by molar-refractivity contribution is 5.05. The third kappa shape index (κ3) is 3.06. The van der Waals surface area contributed by atoms with Crippen molar-refractivity contribution in [2.24, 2.45) is 11.7 Å². The van der Waals surface area contributed by atoms with Gasteiger partial charge < -0.3 is 5.73 Å². The molecule has 0 spiro atoms. The summed E-state index contributed by atoms with van der Waals surface area (Å²) in [4.78, 5) is 0. The van der Waals surface area contributed by atoms with Crippen LogP contribution in [-0.2, 0) is 0 Å². The van der Waals surface area contributed by atoms with Gasteiger partial charge in [-0.25, -0.2) is 0 Å². The summed E-state index contributed by atoms with van der Waals surface area (Å²) in [7, 11) is 0. The number of hydrogen-bond acceptors (Lipinski definition) is 1. The van der Waals surface area contributed by atoms with Crippen molar-refractivity contribution in [3.05, 3.63) is 11.6 Å². The normalized spacial score (nSPS) is 29.3. The van der Waals surface area contributed by atoms with Gasteiger partial charge in [0.2, 0.25) is 0 Å². The standard InChI is InChI=1S/C10H19N/c1-9-4-2-5-10(8-9)6-3-7-11/h6,9H,2-5,7-8,11H2,1H3/b10-6-. The van der Waals surface area contributed by atoms with Crippen molar-refractivity contribution in [2.75, 3.05) is 6.54 Å². The first-order valence-electron chi connectivity index (χ1n) is 4.71. The third-order valence-corrected chi connectivity index (χ3v) is 2.41. The lowest BCUT2D eigenvalue weighted by Crippen LogP contribution is -2.05. The smallest absolute Gasteiger partial charge is 0.00425 e. The Morgan fingerprint density at radius 3 is 3.09 bits per heavy atom. The Morgan fingerprint density at radius 1 is 1.64 bits per heavy atom. The Labute approximate surface area is 69.7 Å². The molecule has 0 amide bonds. The molecule has 0 heterocycles. The average molecular weight is 153 g/mol. The first kappa shape index (κ1) is 8.79. The SMILES string of the molecule is CC1CCC/C(=C/CCN)C1. The van der Waals surface area contributed by atoms with Crippen molar-refractivity contribution in [3.8, 4) is 0 Å². The van der Waals surface area contributed by atoms with Gasteiger partial charge in [-0.1, -0.05) is 25.0 Å². The average Bonchev–Trinajstić information content (AvgIpc) is 2.01. The summed E-state index contributed by atoms with van der Waals surface area (Å²) in [6.45, 7) is 3.15. The molecule has 0 aromatic carbocycles. The highest BCUT2D eigenvalue weighted by atomic mass is 14.5. The Kier molecular flexibility index (Phi) is 3.64. The maximum absolute atomic E-state index is 5.44. The minimum Gasteiger partial charge on any atom is -0.330 e. The lowest BCUT2D eigenvalue weighted by molar-refractivity contribution is 0.451. The molecule has 0 aromatic rings. The van der Waals surface area contributed by atoms with Crippen LogP contribution in [0.4, 0.5) is 0 Å². The summed E-state index contributed by atoms with van der Waals surface area (Å²) in [6, 6.07) is 0. The van der Waals surface area contributed by atoms with Crippen molar-refractivity contribution < 1.29 is 0 Å². The first-order chi connectivity index (χ1) is 5.33. The van der Waals surface area contributed by atoms with Crippen molar-refractivity contribution >= 4 is 0 Å². The van der Waals surface area contributed by atoms with Crippen molar-refractivity contribution in [2.45, 2.75) is 39.0 Å². The maximum Gasteiger partial charge on any atom is -0.00425 e. The van der Waals surface area contributed by atoms with Crippen LogP contribution in [-0.4, -0.2) is 6.54 Å². The fraction of sp³-hybridized carbons (Fsp3) is 0.800. The molecule has 0 radical (unpaired) electrons. The van der Waals surface area contributed by atoms with Gasteiger partial charge in [0.05, 0.1) is 0 Å². The molecule has 1 heteroatoms. The summed E-state index contributed by atoms with van der Waals surface area (Å²) in [5.41, 5.74) is 7.08. The van der Waals surface area contributed by atoms with Crippen LogP contribution in [0.2, 0.25) is 0 Å². The van der Waals surface area contributed by atoms with Crippen LogP contribution in [0.5, 0.6) is 0 Å². The molecule has 0 aliphatic heterocycles. The van der Waals surface area contributed by atoms with E-state index in [9.17, 15) is 0 Å². The monoisotopic (exact) mass is 153 g/mol. The Hall–Kier alpha value is -0.300. The van der Waals surface area contributed by atoms with E-state index in [1.54, 1.807) is 5.57 Å². The van der Waals surface area contributed by atoms with E-state index in [1.165, 1.54) is 25.7 Å². The second-order valence-corrected chi connectivity index (χ2v) is 3.64. The zero-order valence-electron chi connectivity index (χ0n) is 7.47. The maximum atomic E-state index is 5.44. The molecular formula is C10H19N. The summed E-state index contributed by atoms with van der Waals surface area (Å²) in [6.07, 6.45) is 8.86. The molecule has 1 saturated carbocycles. The van der Waals surface area contributed by atoms with E-state index in [4.69, 9.17) is 5.73 Å². The van der Waals surface area contributed by atoms with Crippen molar-refractivity contribution in [3.63, 3.8) is 0 Å². The Bertz CT molecular complexity index is 138. The molecule has 0 bridgehead atoms. The molecule has 2 N–H and O–H groups in total. The molecule has 0 aromatic heterocycles. The molecule has 1 unspecified atom stereocenters. The van der Waals surface area contributed by atoms with Crippen molar-refractivity contribution in [1.29, 1.82) is 0 Å². The number of hydrogen-bond donors (Lipinski definition) is 1. The van der Waals surface area contributed by atoms with E-state index in [-0.39, 0.29) is 0 Å². The molecule has 1 aliphatic carbocycles. The highest BCUT2D eigenvalue weighted by Gasteiger charge is 2.11. The van der Waals surface area contributed by atoms with E-state index < -0.39 is 0 Å². The van der Waals surface area contributed by atoms with Gasteiger partial charge in [0, 0.05) is 0 Å². The van der Waals surface area contributed by atoms with E-state index >= 15 is 0 Å². The molecule has 0 saturated heterocycles. The molecule has 1 aliphatic rings. The zero-order chi connectivity index (χ0) is 8.10. The van der Waals surface area contributed by atoms with Crippen LogP contribution in [0.15, 0.2) is 11.6 Å². The van der Waals surface area contributed by atoms with E-state index in [0.29, 0.717) is 0 Å². The van der Waals surface area contributed by atoms with Gasteiger partial charge in [-0.15, -0.1) is 0 Å². The second-order valence-electron chi connectivity index (χ2n) is 3.64. The summed E-state index contributed by atoms with van der Waals surface area (Å²) in [5.74, 6) is 0.910. The second kappa shape index (κ2) is 4.55. The fourth-order valence-electron chi connectivity index (χ4n) is 1.80. The van der Waals surface area contributed by atoms with Gasteiger partial charge in [0.1, 0.15) is 0 Å². The molecule has 1 fully saturated rings. The molecule has 1 nitrogen and oxygen atoms in total. The number of nitrogens with two attached hydrogens (primary N) is 1. The van der Waals surface area contributed by atoms with Crippen LogP contribution in [0, 0.1) is 5.92 Å². The van der Waals surface area contributed by atoms with E-state index in [0.717, 1.165) is 18.9 Å². The summed E-state index contributed by atoms with van der Waals surface area (Å²) in [5, 5.41) is 0. The van der Waals surface area contributed by atoms with Crippen LogP contribution >= 0.6 is 0 Å². The Morgan fingerprint density at radius 2 is 2.45 bits per heavy atom. The van der Waals surface area contributed by atoms with Gasteiger partial charge in [-0.2, -0.15) is 0 Å². The van der Waals surface area contributed by atoms with E-state index in [2.05, 4.69) is 13.0 Å². The number of rotatable bonds is 2. The van der Waals surface area contributed by atoms with Gasteiger partial charge in [0.15, 0.2) is 0 Å².